The predicted octanol–water partition coefficient (Wildman–Crippen LogP) is 1.09. The van der Waals surface area contributed by atoms with Gasteiger partial charge in [0.15, 0.2) is 0 Å². The predicted molar refractivity (Wildman–Crippen MR) is 87.6 cm³/mol. The summed E-state index contributed by atoms with van der Waals surface area (Å²) in [6.07, 6.45) is 0. The number of benzene rings is 1. The Morgan fingerprint density at radius 1 is 1.28 bits per heavy atom. The van der Waals surface area contributed by atoms with Crippen LogP contribution in [0.4, 0.5) is 4.39 Å². The minimum Gasteiger partial charge on any atom is -0.423 e. The van der Waals surface area contributed by atoms with Gasteiger partial charge in [-0.15, -0.1) is 0 Å². The molecule has 0 bridgehead atoms. The van der Waals surface area contributed by atoms with Crippen LogP contribution in [0.3, 0.4) is 0 Å². The lowest BCUT2D eigenvalue weighted by atomic mass is 9.84. The van der Waals surface area contributed by atoms with Gasteiger partial charge in [-0.2, -0.15) is 5.26 Å². The van der Waals surface area contributed by atoms with Crippen LogP contribution in [-0.4, -0.2) is 9.13 Å². The first-order valence-electron chi connectivity index (χ1n) is 7.11. The third-order valence-electron chi connectivity index (χ3n) is 4.10. The molecule has 1 aromatic heterocycles. The highest BCUT2D eigenvalue weighted by Gasteiger charge is 2.38. The molecule has 7 nitrogen and oxygen atoms in total. The van der Waals surface area contributed by atoms with Crippen LogP contribution in [0.1, 0.15) is 17.0 Å². The van der Waals surface area contributed by atoms with Crippen LogP contribution in [-0.2, 0) is 14.1 Å². The van der Waals surface area contributed by atoms with Gasteiger partial charge in [-0.05, 0) is 12.1 Å². The Kier molecular flexibility index (Phi) is 3.89. The molecule has 2 heterocycles. The molecule has 2 N–H and O–H groups in total. The molecule has 9 heteroatoms. The molecule has 0 radical (unpaired) electrons. The van der Waals surface area contributed by atoms with Crippen molar-refractivity contribution >= 4 is 11.6 Å². The van der Waals surface area contributed by atoms with Crippen molar-refractivity contribution in [1.29, 1.82) is 5.26 Å². The van der Waals surface area contributed by atoms with Gasteiger partial charge in [0.25, 0.3) is 5.56 Å². The lowest BCUT2D eigenvalue weighted by Gasteiger charge is -2.27. The molecule has 1 atom stereocenters. The second-order valence-corrected chi connectivity index (χ2v) is 5.89. The first-order valence-corrected chi connectivity index (χ1v) is 7.48. The maximum atomic E-state index is 14.5. The van der Waals surface area contributed by atoms with Gasteiger partial charge in [-0.1, -0.05) is 17.7 Å². The molecule has 1 aliphatic heterocycles. The van der Waals surface area contributed by atoms with E-state index in [0.717, 1.165) is 15.2 Å². The van der Waals surface area contributed by atoms with E-state index in [9.17, 15) is 19.2 Å². The van der Waals surface area contributed by atoms with Crippen molar-refractivity contribution in [2.24, 2.45) is 19.8 Å². The van der Waals surface area contributed by atoms with E-state index in [-0.39, 0.29) is 33.5 Å². The number of fused-ring (bicyclic) bond motifs is 1. The molecular formula is C16H12ClFN4O3. The van der Waals surface area contributed by atoms with Crippen LogP contribution in [0.25, 0.3) is 0 Å². The van der Waals surface area contributed by atoms with Gasteiger partial charge in [0.05, 0.1) is 11.5 Å². The molecule has 0 saturated heterocycles. The fourth-order valence-corrected chi connectivity index (χ4v) is 3.13. The third-order valence-corrected chi connectivity index (χ3v) is 4.43. The number of nitrogens with zero attached hydrogens (tertiary/aromatic N) is 3. The molecule has 0 spiro atoms. The van der Waals surface area contributed by atoms with Gasteiger partial charge in [0.2, 0.25) is 11.8 Å². The number of nitrogens with two attached hydrogens (primary N) is 1. The zero-order valence-electron chi connectivity index (χ0n) is 13.2. The van der Waals surface area contributed by atoms with Crippen molar-refractivity contribution < 1.29 is 9.13 Å². The smallest absolute Gasteiger partial charge is 0.333 e. The van der Waals surface area contributed by atoms with E-state index in [0.29, 0.717) is 0 Å². The molecule has 2 aromatic rings. The van der Waals surface area contributed by atoms with Gasteiger partial charge >= 0.3 is 5.69 Å². The Morgan fingerprint density at radius 3 is 2.56 bits per heavy atom. The Balaban J connectivity index is 2.50. The monoisotopic (exact) mass is 362 g/mol. The Labute approximate surface area is 145 Å². The first-order chi connectivity index (χ1) is 11.8. The van der Waals surface area contributed by atoms with Crippen LogP contribution < -0.4 is 21.7 Å². The highest BCUT2D eigenvalue weighted by molar-refractivity contribution is 6.31. The summed E-state index contributed by atoms with van der Waals surface area (Å²) < 4.78 is 21.8. The average molecular weight is 363 g/mol. The van der Waals surface area contributed by atoms with Crippen LogP contribution >= 0.6 is 11.6 Å². The minimum atomic E-state index is -1.19. The molecule has 0 amide bonds. The average Bonchev–Trinajstić information content (AvgIpc) is 2.57. The lowest BCUT2D eigenvalue weighted by Crippen LogP contribution is -2.42. The van der Waals surface area contributed by atoms with Crippen LogP contribution in [0, 0.1) is 17.1 Å². The van der Waals surface area contributed by atoms with Crippen molar-refractivity contribution in [2.75, 3.05) is 0 Å². The summed E-state index contributed by atoms with van der Waals surface area (Å²) in [7, 11) is 2.66. The fourth-order valence-electron chi connectivity index (χ4n) is 2.86. The zero-order chi connectivity index (χ0) is 18.5. The largest absolute Gasteiger partial charge is 0.423 e. The molecule has 0 unspecified atom stereocenters. The summed E-state index contributed by atoms with van der Waals surface area (Å²) in [5.74, 6) is -2.36. The van der Waals surface area contributed by atoms with Gasteiger partial charge in [-0.3, -0.25) is 13.9 Å². The molecular weight excluding hydrogens is 351 g/mol. The fraction of sp³-hybridized carbons (Fsp3) is 0.188. The summed E-state index contributed by atoms with van der Waals surface area (Å²) in [5.41, 5.74) is 4.10. The highest BCUT2D eigenvalue weighted by Crippen LogP contribution is 2.42. The number of ether oxygens (including phenoxy) is 1. The lowest BCUT2D eigenvalue weighted by molar-refractivity contribution is 0.347. The Hall–Kier alpha value is -3.05. The summed E-state index contributed by atoms with van der Waals surface area (Å²) in [6, 6.07) is 5.85. The topological polar surface area (TPSA) is 103 Å². The summed E-state index contributed by atoms with van der Waals surface area (Å²) in [6.45, 7) is 0. The number of hydrogen-bond acceptors (Lipinski definition) is 5. The van der Waals surface area contributed by atoms with Gasteiger partial charge < -0.3 is 10.5 Å². The number of hydrogen-bond donors (Lipinski definition) is 1. The van der Waals surface area contributed by atoms with E-state index in [4.69, 9.17) is 22.1 Å². The number of halogens is 2. The van der Waals surface area contributed by atoms with E-state index >= 15 is 0 Å². The van der Waals surface area contributed by atoms with Crippen molar-refractivity contribution in [2.45, 2.75) is 5.92 Å². The second kappa shape index (κ2) is 5.79. The van der Waals surface area contributed by atoms with E-state index in [1.165, 1.54) is 26.2 Å². The molecule has 0 aliphatic carbocycles. The normalized spacial score (nSPS) is 16.2. The van der Waals surface area contributed by atoms with Crippen LogP contribution in [0.15, 0.2) is 39.2 Å². The maximum absolute atomic E-state index is 14.5. The van der Waals surface area contributed by atoms with Gasteiger partial charge in [0, 0.05) is 24.7 Å². The third kappa shape index (κ3) is 2.32. The van der Waals surface area contributed by atoms with E-state index in [2.05, 4.69) is 0 Å². The van der Waals surface area contributed by atoms with Crippen LogP contribution in [0.5, 0.6) is 5.88 Å². The molecule has 1 aliphatic rings. The van der Waals surface area contributed by atoms with E-state index < -0.39 is 23.0 Å². The number of nitriles is 1. The zero-order valence-corrected chi connectivity index (χ0v) is 14.0. The number of aromatic nitrogens is 2. The second-order valence-electron chi connectivity index (χ2n) is 5.48. The van der Waals surface area contributed by atoms with Crippen LogP contribution in [0.2, 0.25) is 5.02 Å². The number of rotatable bonds is 1. The van der Waals surface area contributed by atoms with Crippen molar-refractivity contribution in [1.82, 2.24) is 9.13 Å². The summed E-state index contributed by atoms with van der Waals surface area (Å²) in [5, 5.41) is 9.50. The number of allylic oxidation sites excluding steroid dienone is 1. The minimum absolute atomic E-state index is 0.0225. The molecule has 1 aromatic carbocycles. The maximum Gasteiger partial charge on any atom is 0.333 e. The first kappa shape index (κ1) is 16.8. The highest BCUT2D eigenvalue weighted by atomic mass is 35.5. The summed E-state index contributed by atoms with van der Waals surface area (Å²) in [4.78, 5) is 24.8. The Bertz CT molecular complexity index is 1070. The summed E-state index contributed by atoms with van der Waals surface area (Å²) >= 11 is 6.13. The molecule has 128 valence electrons. The van der Waals surface area contributed by atoms with E-state index in [1.54, 1.807) is 0 Å². The van der Waals surface area contributed by atoms with Gasteiger partial charge in [-0.25, -0.2) is 9.18 Å². The molecule has 3 rings (SSSR count). The SMILES string of the molecule is Cn1c2c(c(=O)n(C)c1=O)[C@@H](c1c(F)cccc1Cl)C(C#N)=C(N)O2. The van der Waals surface area contributed by atoms with Crippen molar-refractivity contribution in [3.8, 4) is 11.9 Å². The molecule has 0 fully saturated rings. The van der Waals surface area contributed by atoms with Gasteiger partial charge in [0.1, 0.15) is 17.5 Å². The standard InChI is InChI=1S/C16H12ClFN4O3/c1-21-14(23)12-10(11-8(17)4-3-5-9(11)18)7(6-19)13(20)25-15(12)22(2)16(21)24/h3-5,10H,20H2,1-2H3/t10-/m1/s1. The van der Waals surface area contributed by atoms with Crippen molar-refractivity contribution in [3.05, 3.63) is 72.5 Å². The Morgan fingerprint density at radius 2 is 1.96 bits per heavy atom. The van der Waals surface area contributed by atoms with Crippen molar-refractivity contribution in [3.63, 3.8) is 0 Å². The quantitative estimate of drug-likeness (QED) is 0.818. The molecule has 0 saturated carbocycles. The van der Waals surface area contributed by atoms with E-state index in [1.807, 2.05) is 6.07 Å². The molecule has 25 heavy (non-hydrogen) atoms.